The van der Waals surface area contributed by atoms with Gasteiger partial charge in [0.1, 0.15) is 0 Å². The Balaban J connectivity index is 1.93. The molecule has 1 aromatic carbocycles. The van der Waals surface area contributed by atoms with Crippen LogP contribution in [0.25, 0.3) is 0 Å². The fraction of sp³-hybridized carbons (Fsp3) is 0.462. The summed E-state index contributed by atoms with van der Waals surface area (Å²) in [5.74, 6) is -0.108. The van der Waals surface area contributed by atoms with Gasteiger partial charge < -0.3 is 10.4 Å². The lowest BCUT2D eigenvalue weighted by Crippen LogP contribution is -2.40. The maximum Gasteiger partial charge on any atom is 0.251 e. The summed E-state index contributed by atoms with van der Waals surface area (Å²) in [6, 6.07) is 7.44. The highest BCUT2D eigenvalue weighted by Crippen LogP contribution is 2.28. The first kappa shape index (κ1) is 12.8. The maximum atomic E-state index is 11.9. The zero-order valence-corrected chi connectivity index (χ0v) is 11.7. The van der Waals surface area contributed by atoms with Crippen LogP contribution in [0, 0.1) is 3.57 Å². The van der Waals surface area contributed by atoms with Crippen molar-refractivity contribution in [3.8, 4) is 0 Å². The molecule has 0 saturated heterocycles. The summed E-state index contributed by atoms with van der Waals surface area (Å²) in [5, 5.41) is 12.9. The van der Waals surface area contributed by atoms with E-state index in [-0.39, 0.29) is 5.91 Å². The normalized spacial score (nSPS) is 18.0. The minimum Gasteiger partial charge on any atom is -0.388 e. The Morgan fingerprint density at radius 1 is 1.41 bits per heavy atom. The summed E-state index contributed by atoms with van der Waals surface area (Å²) >= 11 is 2.18. The molecule has 1 saturated carbocycles. The molecule has 0 bridgehead atoms. The van der Waals surface area contributed by atoms with Gasteiger partial charge in [0.25, 0.3) is 5.91 Å². The van der Waals surface area contributed by atoms with Gasteiger partial charge in [-0.1, -0.05) is 18.9 Å². The molecule has 0 aliphatic heterocycles. The van der Waals surface area contributed by atoms with E-state index in [0.29, 0.717) is 12.1 Å². The zero-order chi connectivity index (χ0) is 12.3. The number of nitrogens with one attached hydrogen (secondary N) is 1. The van der Waals surface area contributed by atoms with Crippen molar-refractivity contribution in [2.24, 2.45) is 0 Å². The van der Waals surface area contributed by atoms with Crippen LogP contribution in [0.15, 0.2) is 24.3 Å². The highest BCUT2D eigenvalue weighted by Gasteiger charge is 2.31. The number of carbonyl (C=O) groups excluding carboxylic acids is 1. The summed E-state index contributed by atoms with van der Waals surface area (Å²) in [6.45, 7) is 0.358. The molecule has 92 valence electrons. The molecular weight excluding hydrogens is 329 g/mol. The average Bonchev–Trinajstić information content (AvgIpc) is 2.74. The lowest BCUT2D eigenvalue weighted by Gasteiger charge is -2.22. The van der Waals surface area contributed by atoms with E-state index in [0.717, 1.165) is 29.3 Å². The molecule has 0 spiro atoms. The summed E-state index contributed by atoms with van der Waals surface area (Å²) in [4.78, 5) is 11.9. The number of benzene rings is 1. The predicted octanol–water partition coefficient (Wildman–Crippen LogP) is 2.33. The second-order valence-corrected chi connectivity index (χ2v) is 5.87. The Hall–Kier alpha value is -0.620. The van der Waals surface area contributed by atoms with Gasteiger partial charge in [-0.2, -0.15) is 0 Å². The van der Waals surface area contributed by atoms with Crippen molar-refractivity contribution in [3.05, 3.63) is 33.4 Å². The van der Waals surface area contributed by atoms with Crippen LogP contribution in [0.1, 0.15) is 36.0 Å². The van der Waals surface area contributed by atoms with Crippen molar-refractivity contribution >= 4 is 28.5 Å². The topological polar surface area (TPSA) is 49.3 Å². The smallest absolute Gasteiger partial charge is 0.251 e. The predicted molar refractivity (Wildman–Crippen MR) is 74.9 cm³/mol. The molecule has 0 radical (unpaired) electrons. The van der Waals surface area contributed by atoms with Gasteiger partial charge in [0.05, 0.1) is 5.60 Å². The first-order valence-corrected chi connectivity index (χ1v) is 6.93. The first-order chi connectivity index (χ1) is 8.09. The molecule has 1 amide bonds. The van der Waals surface area contributed by atoms with E-state index < -0.39 is 5.60 Å². The second-order valence-electron chi connectivity index (χ2n) is 4.62. The molecule has 0 heterocycles. The molecular formula is C13H16INO2. The van der Waals surface area contributed by atoms with Gasteiger partial charge in [-0.25, -0.2) is 0 Å². The third-order valence-corrected chi connectivity index (χ3v) is 3.87. The largest absolute Gasteiger partial charge is 0.388 e. The van der Waals surface area contributed by atoms with Crippen LogP contribution in [0.5, 0.6) is 0 Å². The number of aliphatic hydroxyl groups is 1. The second kappa shape index (κ2) is 5.35. The standard InChI is InChI=1S/C13H16INO2/c14-11-5-3-4-10(8-11)12(16)15-9-13(17)6-1-2-7-13/h3-5,8,17H,1-2,6-7,9H2,(H,15,16). The van der Waals surface area contributed by atoms with Crippen LogP contribution >= 0.6 is 22.6 Å². The lowest BCUT2D eigenvalue weighted by atomic mass is 10.0. The van der Waals surface area contributed by atoms with Gasteiger partial charge in [0.2, 0.25) is 0 Å². The number of hydrogen-bond donors (Lipinski definition) is 2. The quantitative estimate of drug-likeness (QED) is 0.827. The van der Waals surface area contributed by atoms with Crippen molar-refractivity contribution in [1.29, 1.82) is 0 Å². The number of carbonyl (C=O) groups is 1. The fourth-order valence-electron chi connectivity index (χ4n) is 2.19. The highest BCUT2D eigenvalue weighted by molar-refractivity contribution is 14.1. The molecule has 0 unspecified atom stereocenters. The van der Waals surface area contributed by atoms with Crippen molar-refractivity contribution in [1.82, 2.24) is 5.32 Å². The van der Waals surface area contributed by atoms with Crippen LogP contribution in [-0.2, 0) is 0 Å². The Bertz CT molecular complexity index is 414. The van der Waals surface area contributed by atoms with Gasteiger partial charge >= 0.3 is 0 Å². The summed E-state index contributed by atoms with van der Waals surface area (Å²) in [6.07, 6.45) is 3.68. The molecule has 1 aliphatic carbocycles. The van der Waals surface area contributed by atoms with Gasteiger partial charge in [0.15, 0.2) is 0 Å². The zero-order valence-electron chi connectivity index (χ0n) is 9.58. The minimum absolute atomic E-state index is 0.108. The van der Waals surface area contributed by atoms with Crippen molar-refractivity contribution in [2.45, 2.75) is 31.3 Å². The first-order valence-electron chi connectivity index (χ1n) is 5.85. The van der Waals surface area contributed by atoms with E-state index in [1.807, 2.05) is 18.2 Å². The summed E-state index contributed by atoms with van der Waals surface area (Å²) in [5.41, 5.74) is -0.0316. The van der Waals surface area contributed by atoms with Crippen LogP contribution in [0.3, 0.4) is 0 Å². The van der Waals surface area contributed by atoms with Crippen LogP contribution < -0.4 is 5.32 Å². The van der Waals surface area contributed by atoms with Gasteiger partial charge in [-0.15, -0.1) is 0 Å². The molecule has 1 aliphatic rings. The molecule has 2 rings (SSSR count). The number of rotatable bonds is 3. The molecule has 3 nitrogen and oxygen atoms in total. The molecule has 0 atom stereocenters. The molecule has 2 N–H and O–H groups in total. The van der Waals surface area contributed by atoms with E-state index >= 15 is 0 Å². The fourth-order valence-corrected chi connectivity index (χ4v) is 2.73. The minimum atomic E-state index is -0.683. The van der Waals surface area contributed by atoms with Crippen molar-refractivity contribution in [2.75, 3.05) is 6.54 Å². The summed E-state index contributed by atoms with van der Waals surface area (Å²) < 4.78 is 1.04. The molecule has 0 aromatic heterocycles. The van der Waals surface area contributed by atoms with E-state index in [4.69, 9.17) is 0 Å². The van der Waals surface area contributed by atoms with Crippen molar-refractivity contribution < 1.29 is 9.90 Å². The lowest BCUT2D eigenvalue weighted by molar-refractivity contribution is 0.0449. The number of halogens is 1. The number of hydrogen-bond acceptors (Lipinski definition) is 2. The maximum absolute atomic E-state index is 11.9. The van der Waals surface area contributed by atoms with Gasteiger partial charge in [0, 0.05) is 15.7 Å². The van der Waals surface area contributed by atoms with Crippen LogP contribution in [-0.4, -0.2) is 23.2 Å². The van der Waals surface area contributed by atoms with E-state index in [1.54, 1.807) is 6.07 Å². The van der Waals surface area contributed by atoms with E-state index in [9.17, 15) is 9.90 Å². The SMILES string of the molecule is O=C(NCC1(O)CCCC1)c1cccc(I)c1. The van der Waals surface area contributed by atoms with Gasteiger partial charge in [-0.05, 0) is 53.6 Å². The Kier molecular flexibility index (Phi) is 4.04. The van der Waals surface area contributed by atoms with E-state index in [2.05, 4.69) is 27.9 Å². The molecule has 1 aromatic rings. The Morgan fingerprint density at radius 2 is 2.12 bits per heavy atom. The average molecular weight is 345 g/mol. The van der Waals surface area contributed by atoms with Crippen molar-refractivity contribution in [3.63, 3.8) is 0 Å². The molecule has 1 fully saturated rings. The number of amides is 1. The highest BCUT2D eigenvalue weighted by atomic mass is 127. The summed E-state index contributed by atoms with van der Waals surface area (Å²) in [7, 11) is 0. The van der Waals surface area contributed by atoms with E-state index in [1.165, 1.54) is 0 Å². The third kappa shape index (κ3) is 3.42. The van der Waals surface area contributed by atoms with Crippen LogP contribution in [0.2, 0.25) is 0 Å². The van der Waals surface area contributed by atoms with Gasteiger partial charge in [-0.3, -0.25) is 4.79 Å². The monoisotopic (exact) mass is 345 g/mol. The molecule has 4 heteroatoms. The van der Waals surface area contributed by atoms with Crippen LogP contribution in [0.4, 0.5) is 0 Å². The molecule has 17 heavy (non-hydrogen) atoms. The third-order valence-electron chi connectivity index (χ3n) is 3.20. The Labute approximate surface area is 115 Å². The Morgan fingerprint density at radius 3 is 2.76 bits per heavy atom.